The molecule has 0 unspecified atom stereocenters. The monoisotopic (exact) mass is 264 g/mol. The van der Waals surface area contributed by atoms with Gasteiger partial charge in [-0.05, 0) is 30.7 Å². The Morgan fingerprint density at radius 2 is 1.95 bits per heavy atom. The van der Waals surface area contributed by atoms with E-state index in [0.29, 0.717) is 10.9 Å². The first kappa shape index (κ1) is 12.3. The van der Waals surface area contributed by atoms with E-state index in [1.807, 2.05) is 25.1 Å². The van der Waals surface area contributed by atoms with Gasteiger partial charge in [0.05, 0.1) is 15.8 Å². The number of nitro benzene ring substituents is 1. The van der Waals surface area contributed by atoms with Crippen molar-refractivity contribution in [2.24, 2.45) is 0 Å². The van der Waals surface area contributed by atoms with Crippen LogP contribution in [0.15, 0.2) is 54.7 Å². The Hall–Kier alpha value is -2.75. The largest absolute Gasteiger partial charge is 0.278 e. The Kier molecular flexibility index (Phi) is 2.91. The molecule has 3 rings (SSSR count). The highest BCUT2D eigenvalue weighted by atomic mass is 16.6. The lowest BCUT2D eigenvalue weighted by Crippen LogP contribution is -1.92. The summed E-state index contributed by atoms with van der Waals surface area (Å²) >= 11 is 0. The van der Waals surface area contributed by atoms with E-state index < -0.39 is 0 Å². The highest BCUT2D eigenvalue weighted by molar-refractivity contribution is 5.98. The zero-order valence-corrected chi connectivity index (χ0v) is 10.9. The molecule has 0 aliphatic rings. The Morgan fingerprint density at radius 1 is 1.10 bits per heavy atom. The van der Waals surface area contributed by atoms with Crippen LogP contribution in [-0.2, 0) is 0 Å². The Morgan fingerprint density at radius 3 is 2.70 bits per heavy atom. The standard InChI is InChI=1S/C16H12N2O2/c1-11-4-2-5-12(10-11)13-7-8-15(18(19)20)14-6-3-9-17-16(13)14/h2-10H,1H3. The molecule has 4 nitrogen and oxygen atoms in total. The van der Waals surface area contributed by atoms with Crippen molar-refractivity contribution in [1.82, 2.24) is 4.98 Å². The number of aromatic nitrogens is 1. The van der Waals surface area contributed by atoms with Crippen LogP contribution in [0.4, 0.5) is 5.69 Å². The van der Waals surface area contributed by atoms with Crippen molar-refractivity contribution in [2.45, 2.75) is 6.92 Å². The van der Waals surface area contributed by atoms with Gasteiger partial charge in [0.15, 0.2) is 0 Å². The SMILES string of the molecule is Cc1cccc(-c2ccc([N+](=O)[O-])c3cccnc23)c1. The van der Waals surface area contributed by atoms with Gasteiger partial charge in [-0.25, -0.2) is 0 Å². The summed E-state index contributed by atoms with van der Waals surface area (Å²) < 4.78 is 0. The number of nitrogens with zero attached hydrogens (tertiary/aromatic N) is 2. The number of benzene rings is 2. The van der Waals surface area contributed by atoms with Gasteiger partial charge in [0, 0.05) is 17.8 Å². The van der Waals surface area contributed by atoms with Gasteiger partial charge in [0.25, 0.3) is 5.69 Å². The Bertz CT molecular complexity index is 812. The molecule has 0 aliphatic heterocycles. The first-order chi connectivity index (χ1) is 9.66. The summed E-state index contributed by atoms with van der Waals surface area (Å²) in [6.07, 6.45) is 1.66. The maximum atomic E-state index is 11.1. The molecule has 0 atom stereocenters. The van der Waals surface area contributed by atoms with Gasteiger partial charge in [-0.3, -0.25) is 15.1 Å². The van der Waals surface area contributed by atoms with E-state index in [0.717, 1.165) is 16.7 Å². The molecule has 0 N–H and O–H groups in total. The Labute approximate surface area is 115 Å². The molecule has 20 heavy (non-hydrogen) atoms. The van der Waals surface area contributed by atoms with Crippen LogP contribution in [0, 0.1) is 17.0 Å². The fraction of sp³-hybridized carbons (Fsp3) is 0.0625. The lowest BCUT2D eigenvalue weighted by molar-refractivity contribution is -0.383. The van der Waals surface area contributed by atoms with Crippen molar-refractivity contribution in [1.29, 1.82) is 0 Å². The van der Waals surface area contributed by atoms with Crippen LogP contribution in [-0.4, -0.2) is 9.91 Å². The zero-order valence-electron chi connectivity index (χ0n) is 10.9. The number of fused-ring (bicyclic) bond motifs is 1. The van der Waals surface area contributed by atoms with Crippen LogP contribution in [0.5, 0.6) is 0 Å². The first-order valence-electron chi connectivity index (χ1n) is 6.26. The number of non-ortho nitro benzene ring substituents is 1. The minimum atomic E-state index is -0.371. The van der Waals surface area contributed by atoms with Crippen molar-refractivity contribution in [3.05, 3.63) is 70.4 Å². The lowest BCUT2D eigenvalue weighted by atomic mass is 9.99. The summed E-state index contributed by atoms with van der Waals surface area (Å²) in [6.45, 7) is 2.02. The molecule has 1 heterocycles. The van der Waals surface area contributed by atoms with Gasteiger partial charge in [-0.15, -0.1) is 0 Å². The minimum absolute atomic E-state index is 0.0875. The minimum Gasteiger partial charge on any atom is -0.258 e. The third-order valence-corrected chi connectivity index (χ3v) is 3.27. The number of aryl methyl sites for hydroxylation is 1. The summed E-state index contributed by atoms with van der Waals surface area (Å²) in [5.74, 6) is 0. The van der Waals surface area contributed by atoms with Gasteiger partial charge >= 0.3 is 0 Å². The van der Waals surface area contributed by atoms with E-state index in [4.69, 9.17) is 0 Å². The second-order valence-corrected chi connectivity index (χ2v) is 4.66. The molecule has 0 bridgehead atoms. The molecule has 0 radical (unpaired) electrons. The number of hydrogen-bond acceptors (Lipinski definition) is 3. The predicted octanol–water partition coefficient (Wildman–Crippen LogP) is 4.12. The molecule has 2 aromatic carbocycles. The molecule has 4 heteroatoms. The topological polar surface area (TPSA) is 56.0 Å². The van der Waals surface area contributed by atoms with Crippen molar-refractivity contribution in [3.63, 3.8) is 0 Å². The average molecular weight is 264 g/mol. The fourth-order valence-electron chi connectivity index (χ4n) is 2.36. The molecule has 98 valence electrons. The van der Waals surface area contributed by atoms with Crippen molar-refractivity contribution in [2.75, 3.05) is 0 Å². The van der Waals surface area contributed by atoms with Gasteiger partial charge in [0.2, 0.25) is 0 Å². The van der Waals surface area contributed by atoms with Crippen LogP contribution in [0.25, 0.3) is 22.0 Å². The number of hydrogen-bond donors (Lipinski definition) is 0. The molecule has 3 aromatic rings. The third kappa shape index (κ3) is 2.01. The highest BCUT2D eigenvalue weighted by Crippen LogP contribution is 2.32. The summed E-state index contributed by atoms with van der Waals surface area (Å²) in [5, 5.41) is 11.7. The van der Waals surface area contributed by atoms with Crippen molar-refractivity contribution in [3.8, 4) is 11.1 Å². The summed E-state index contributed by atoms with van der Waals surface area (Å²) in [7, 11) is 0. The number of nitro groups is 1. The molecule has 0 saturated heterocycles. The molecule has 0 saturated carbocycles. The van der Waals surface area contributed by atoms with Crippen LogP contribution < -0.4 is 0 Å². The lowest BCUT2D eigenvalue weighted by Gasteiger charge is -2.07. The maximum absolute atomic E-state index is 11.1. The maximum Gasteiger partial charge on any atom is 0.278 e. The Balaban J connectivity index is 2.33. The van der Waals surface area contributed by atoms with E-state index in [1.165, 1.54) is 0 Å². The second kappa shape index (κ2) is 4.74. The fourth-order valence-corrected chi connectivity index (χ4v) is 2.36. The molecule has 0 fully saturated rings. The van der Waals surface area contributed by atoms with E-state index in [2.05, 4.69) is 11.1 Å². The quantitative estimate of drug-likeness (QED) is 0.516. The van der Waals surface area contributed by atoms with Gasteiger partial charge in [-0.1, -0.05) is 29.8 Å². The van der Waals surface area contributed by atoms with Crippen LogP contribution in [0.3, 0.4) is 0 Å². The predicted molar refractivity (Wildman–Crippen MR) is 78.6 cm³/mol. The summed E-state index contributed by atoms with van der Waals surface area (Å²) in [5.41, 5.74) is 3.82. The van der Waals surface area contributed by atoms with Gasteiger partial charge in [-0.2, -0.15) is 0 Å². The van der Waals surface area contributed by atoms with Crippen LogP contribution >= 0.6 is 0 Å². The highest BCUT2D eigenvalue weighted by Gasteiger charge is 2.15. The molecule has 0 spiro atoms. The zero-order chi connectivity index (χ0) is 14.1. The van der Waals surface area contributed by atoms with Crippen molar-refractivity contribution >= 4 is 16.6 Å². The molecule has 0 amide bonds. The van der Waals surface area contributed by atoms with Gasteiger partial charge in [0.1, 0.15) is 0 Å². The molecular formula is C16H12N2O2. The van der Waals surface area contributed by atoms with Crippen molar-refractivity contribution < 1.29 is 4.92 Å². The van der Waals surface area contributed by atoms with E-state index >= 15 is 0 Å². The van der Waals surface area contributed by atoms with E-state index in [9.17, 15) is 10.1 Å². The number of pyridine rings is 1. The molecular weight excluding hydrogens is 252 g/mol. The smallest absolute Gasteiger partial charge is 0.258 e. The van der Waals surface area contributed by atoms with E-state index in [-0.39, 0.29) is 10.6 Å². The van der Waals surface area contributed by atoms with Gasteiger partial charge < -0.3 is 0 Å². The van der Waals surface area contributed by atoms with Crippen LogP contribution in [0.1, 0.15) is 5.56 Å². The first-order valence-corrected chi connectivity index (χ1v) is 6.26. The summed E-state index contributed by atoms with van der Waals surface area (Å²) in [4.78, 5) is 15.0. The normalized spacial score (nSPS) is 10.7. The molecule has 1 aromatic heterocycles. The average Bonchev–Trinajstić information content (AvgIpc) is 2.46. The number of rotatable bonds is 2. The second-order valence-electron chi connectivity index (χ2n) is 4.66. The third-order valence-electron chi connectivity index (χ3n) is 3.27. The summed E-state index contributed by atoms with van der Waals surface area (Å²) in [6, 6.07) is 14.8. The van der Waals surface area contributed by atoms with E-state index in [1.54, 1.807) is 30.5 Å². The molecule has 0 aliphatic carbocycles. The van der Waals surface area contributed by atoms with Crippen LogP contribution in [0.2, 0.25) is 0 Å².